The third-order valence-corrected chi connectivity index (χ3v) is 5.31. The minimum absolute atomic E-state index is 0.00203. The lowest BCUT2D eigenvalue weighted by molar-refractivity contribution is 0.102. The van der Waals surface area contributed by atoms with E-state index < -0.39 is 12.0 Å². The standard InChI is InChI=1S/C17H18BrClN4O4/c18-13-14(21-15(25)11-3-1-2-4-12(11)19)22-23-16(13)27-17(26)20-9-5-7-10(24)8-6-9/h1-4,9-10,24H,5-8H2,(H,20,26)(H2,21,22,23,25)/t9-,10-. The number of aliphatic hydroxyl groups excluding tert-OH is 1. The van der Waals surface area contributed by atoms with Crippen molar-refractivity contribution in [1.29, 1.82) is 0 Å². The number of halogens is 2. The zero-order chi connectivity index (χ0) is 19.4. The molecule has 0 bridgehead atoms. The summed E-state index contributed by atoms with van der Waals surface area (Å²) in [4.78, 5) is 24.3. The van der Waals surface area contributed by atoms with Gasteiger partial charge in [0.25, 0.3) is 11.8 Å². The number of carbonyl (C=O) groups excluding carboxylic acids is 2. The number of benzene rings is 1. The lowest BCUT2D eigenvalue weighted by atomic mass is 9.93. The number of H-pyrrole nitrogens is 1. The number of nitrogens with zero attached hydrogens (tertiary/aromatic N) is 1. The molecule has 0 saturated heterocycles. The van der Waals surface area contributed by atoms with Crippen molar-refractivity contribution in [1.82, 2.24) is 15.5 Å². The van der Waals surface area contributed by atoms with E-state index in [9.17, 15) is 14.7 Å². The molecule has 1 aromatic heterocycles. The van der Waals surface area contributed by atoms with Crippen LogP contribution in [-0.2, 0) is 0 Å². The number of nitrogens with one attached hydrogen (secondary N) is 3. The Labute approximate surface area is 168 Å². The summed E-state index contributed by atoms with van der Waals surface area (Å²) < 4.78 is 5.49. The van der Waals surface area contributed by atoms with Gasteiger partial charge in [-0.1, -0.05) is 23.7 Å². The second-order valence-corrected chi connectivity index (χ2v) is 7.39. The van der Waals surface area contributed by atoms with Crippen LogP contribution in [0.4, 0.5) is 10.6 Å². The molecule has 10 heteroatoms. The van der Waals surface area contributed by atoms with Crippen LogP contribution >= 0.6 is 27.5 Å². The molecule has 0 unspecified atom stereocenters. The highest BCUT2D eigenvalue weighted by atomic mass is 79.9. The fourth-order valence-corrected chi connectivity index (χ4v) is 3.37. The zero-order valence-electron chi connectivity index (χ0n) is 14.2. The largest absolute Gasteiger partial charge is 0.414 e. The summed E-state index contributed by atoms with van der Waals surface area (Å²) in [5.41, 5.74) is 0.306. The summed E-state index contributed by atoms with van der Waals surface area (Å²) in [5, 5.41) is 21.7. The van der Waals surface area contributed by atoms with Crippen molar-refractivity contribution >= 4 is 45.3 Å². The van der Waals surface area contributed by atoms with E-state index >= 15 is 0 Å². The first-order valence-corrected chi connectivity index (χ1v) is 9.57. The number of aliphatic hydroxyl groups is 1. The van der Waals surface area contributed by atoms with E-state index in [2.05, 4.69) is 36.8 Å². The number of anilines is 1. The number of ether oxygens (including phenoxy) is 1. The Bertz CT molecular complexity index is 836. The van der Waals surface area contributed by atoms with E-state index in [0.29, 0.717) is 40.7 Å². The summed E-state index contributed by atoms with van der Waals surface area (Å²) in [7, 11) is 0. The minimum Gasteiger partial charge on any atom is -0.393 e. The van der Waals surface area contributed by atoms with Gasteiger partial charge in [-0.05, 0) is 53.7 Å². The van der Waals surface area contributed by atoms with Gasteiger partial charge in [0.05, 0.1) is 16.7 Å². The molecule has 0 atom stereocenters. The molecule has 0 aliphatic heterocycles. The highest BCUT2D eigenvalue weighted by Crippen LogP contribution is 2.30. The summed E-state index contributed by atoms with van der Waals surface area (Å²) in [6.07, 6.45) is 1.73. The van der Waals surface area contributed by atoms with Crippen LogP contribution in [0.1, 0.15) is 36.0 Å². The maximum Gasteiger partial charge on any atom is 0.414 e. The number of aromatic nitrogens is 2. The maximum atomic E-state index is 12.3. The molecular weight excluding hydrogens is 440 g/mol. The van der Waals surface area contributed by atoms with E-state index in [1.807, 2.05) is 0 Å². The second kappa shape index (κ2) is 8.73. The molecule has 1 aliphatic rings. The summed E-state index contributed by atoms with van der Waals surface area (Å²) in [6, 6.07) is 6.59. The molecule has 1 saturated carbocycles. The maximum absolute atomic E-state index is 12.3. The predicted molar refractivity (Wildman–Crippen MR) is 103 cm³/mol. The van der Waals surface area contributed by atoms with Crippen LogP contribution in [-0.4, -0.2) is 39.5 Å². The highest BCUT2D eigenvalue weighted by Gasteiger charge is 2.23. The van der Waals surface area contributed by atoms with Gasteiger partial charge in [-0.15, -0.1) is 5.10 Å². The number of aromatic amines is 1. The van der Waals surface area contributed by atoms with E-state index in [1.165, 1.54) is 0 Å². The third kappa shape index (κ3) is 5.00. The van der Waals surface area contributed by atoms with Crippen molar-refractivity contribution < 1.29 is 19.4 Å². The van der Waals surface area contributed by atoms with Gasteiger partial charge in [-0.3, -0.25) is 9.89 Å². The van der Waals surface area contributed by atoms with Gasteiger partial charge < -0.3 is 20.5 Å². The van der Waals surface area contributed by atoms with Gasteiger partial charge in [-0.2, -0.15) is 0 Å². The van der Waals surface area contributed by atoms with Gasteiger partial charge in [0.2, 0.25) is 0 Å². The Morgan fingerprint density at radius 2 is 1.96 bits per heavy atom. The average Bonchev–Trinajstić information content (AvgIpc) is 2.97. The van der Waals surface area contributed by atoms with Crippen LogP contribution in [0, 0.1) is 0 Å². The first-order valence-electron chi connectivity index (χ1n) is 8.40. The Morgan fingerprint density at radius 1 is 1.26 bits per heavy atom. The Kier molecular flexibility index (Phi) is 6.35. The summed E-state index contributed by atoms with van der Waals surface area (Å²) in [5.74, 6) is -0.192. The van der Waals surface area contributed by atoms with Gasteiger partial charge in [-0.25, -0.2) is 4.79 Å². The molecular formula is C17H18BrClN4O4. The monoisotopic (exact) mass is 456 g/mol. The van der Waals surface area contributed by atoms with E-state index in [-0.39, 0.29) is 23.8 Å². The lowest BCUT2D eigenvalue weighted by Gasteiger charge is -2.25. The van der Waals surface area contributed by atoms with Crippen LogP contribution < -0.4 is 15.4 Å². The molecule has 1 aliphatic carbocycles. The third-order valence-electron chi connectivity index (χ3n) is 4.24. The SMILES string of the molecule is O=C(N[C@H]1CC[C@H](O)CC1)Oc1n[nH]c(NC(=O)c2ccccc2Cl)c1Br. The first kappa shape index (κ1) is 19.7. The van der Waals surface area contributed by atoms with Crippen molar-refractivity contribution in [2.24, 2.45) is 0 Å². The van der Waals surface area contributed by atoms with Crippen LogP contribution in [0.3, 0.4) is 0 Å². The number of hydrogen-bond acceptors (Lipinski definition) is 5. The molecule has 27 heavy (non-hydrogen) atoms. The number of rotatable bonds is 4. The fourth-order valence-electron chi connectivity index (χ4n) is 2.79. The molecule has 1 aromatic carbocycles. The van der Waals surface area contributed by atoms with Crippen molar-refractivity contribution in [3.8, 4) is 5.88 Å². The molecule has 1 heterocycles. The molecule has 1 fully saturated rings. The summed E-state index contributed by atoms with van der Waals surface area (Å²) >= 11 is 9.26. The van der Waals surface area contributed by atoms with Crippen LogP contribution in [0.25, 0.3) is 0 Å². The van der Waals surface area contributed by atoms with Crippen molar-refractivity contribution in [2.75, 3.05) is 5.32 Å². The Morgan fingerprint density at radius 3 is 2.67 bits per heavy atom. The second-order valence-electron chi connectivity index (χ2n) is 6.19. The van der Waals surface area contributed by atoms with E-state index in [4.69, 9.17) is 16.3 Å². The number of amides is 2. The summed E-state index contributed by atoms with van der Waals surface area (Å²) in [6.45, 7) is 0. The Hall–Kier alpha value is -2.10. The normalized spacial score (nSPS) is 19.4. The quantitative estimate of drug-likeness (QED) is 0.561. The minimum atomic E-state index is -0.646. The van der Waals surface area contributed by atoms with Crippen LogP contribution in [0.2, 0.25) is 5.02 Å². The molecule has 2 amide bonds. The van der Waals surface area contributed by atoms with Gasteiger partial charge in [0, 0.05) is 6.04 Å². The zero-order valence-corrected chi connectivity index (χ0v) is 16.5. The predicted octanol–water partition coefficient (Wildman–Crippen LogP) is 3.47. The molecule has 3 rings (SSSR count). The highest BCUT2D eigenvalue weighted by molar-refractivity contribution is 9.10. The number of carbonyl (C=O) groups is 2. The van der Waals surface area contributed by atoms with Gasteiger partial charge >= 0.3 is 6.09 Å². The molecule has 4 N–H and O–H groups in total. The molecule has 0 spiro atoms. The Balaban J connectivity index is 1.59. The molecule has 144 valence electrons. The van der Waals surface area contributed by atoms with Crippen LogP contribution in [0.5, 0.6) is 5.88 Å². The number of hydrogen-bond donors (Lipinski definition) is 4. The van der Waals surface area contributed by atoms with Gasteiger partial charge in [0.1, 0.15) is 10.3 Å². The molecule has 0 radical (unpaired) electrons. The smallest absolute Gasteiger partial charge is 0.393 e. The van der Waals surface area contributed by atoms with Crippen molar-refractivity contribution in [3.63, 3.8) is 0 Å². The first-order chi connectivity index (χ1) is 12.9. The van der Waals surface area contributed by atoms with E-state index in [1.54, 1.807) is 24.3 Å². The van der Waals surface area contributed by atoms with Crippen molar-refractivity contribution in [2.45, 2.75) is 37.8 Å². The van der Waals surface area contributed by atoms with Crippen LogP contribution in [0.15, 0.2) is 28.7 Å². The molecule has 8 nitrogen and oxygen atoms in total. The average molecular weight is 458 g/mol. The van der Waals surface area contributed by atoms with Crippen molar-refractivity contribution in [3.05, 3.63) is 39.3 Å². The van der Waals surface area contributed by atoms with Gasteiger partial charge in [0.15, 0.2) is 0 Å². The lowest BCUT2D eigenvalue weighted by Crippen LogP contribution is -2.40. The molecule has 2 aromatic rings. The fraction of sp³-hybridized carbons (Fsp3) is 0.353. The van der Waals surface area contributed by atoms with E-state index in [0.717, 1.165) is 0 Å². The topological polar surface area (TPSA) is 116 Å².